The lowest BCUT2D eigenvalue weighted by molar-refractivity contribution is 1.63. The van der Waals surface area contributed by atoms with E-state index in [-0.39, 0.29) is 0 Å². The Balaban J connectivity index is 1.68. The molecule has 0 saturated heterocycles. The van der Waals surface area contributed by atoms with E-state index in [2.05, 4.69) is 170 Å². The first-order valence-electron chi connectivity index (χ1n) is 14.1. The smallest absolute Gasteiger partial charge is 0.139 e. The van der Waals surface area contributed by atoms with Gasteiger partial charge in [0.2, 0.25) is 0 Å². The van der Waals surface area contributed by atoms with Crippen LogP contribution in [0.5, 0.6) is 0 Å². The lowest BCUT2D eigenvalue weighted by Crippen LogP contribution is -2.23. The SMILES string of the molecule is c1ccc(P2(c3ccccc3)=NP(c3ccccc3)(c3ccccc3)=NP3(=N2)c2ccccc2-c2ccccc23)cc1. The molecule has 0 saturated carbocycles. The average Bonchev–Trinajstić information content (AvgIpc) is 3.34. The second kappa shape index (κ2) is 10.1. The highest BCUT2D eigenvalue weighted by atomic mass is 31.3. The standard InChI is InChI=1S/C36H28N3P3/c1-5-17-29(18-6-1)40(30-19-7-2-8-20-30)37-41(31-21-9-3-10-22-31,32-23-11-4-12-24-32)39-42(38-40)35-27-15-13-25-33(35)34-26-14-16-28-36(34)42/h1-28H. The first-order chi connectivity index (χ1) is 20.8. The maximum atomic E-state index is 6.13. The zero-order valence-electron chi connectivity index (χ0n) is 22.8. The topological polar surface area (TPSA) is 37.1 Å². The van der Waals surface area contributed by atoms with Gasteiger partial charge in [-0.2, -0.15) is 0 Å². The van der Waals surface area contributed by atoms with Gasteiger partial charge in [-0.15, -0.1) is 0 Å². The predicted molar refractivity (Wildman–Crippen MR) is 183 cm³/mol. The van der Waals surface area contributed by atoms with Crippen LogP contribution in [0.2, 0.25) is 0 Å². The van der Waals surface area contributed by atoms with Gasteiger partial charge in [0.25, 0.3) is 0 Å². The Morgan fingerprint density at radius 3 is 0.881 bits per heavy atom. The van der Waals surface area contributed by atoms with E-state index in [0.717, 1.165) is 0 Å². The van der Waals surface area contributed by atoms with Gasteiger partial charge in [0.05, 0.1) is 0 Å². The summed E-state index contributed by atoms with van der Waals surface area (Å²) in [4.78, 5) is 0. The van der Waals surface area contributed by atoms with Crippen molar-refractivity contribution in [2.75, 3.05) is 0 Å². The van der Waals surface area contributed by atoms with Gasteiger partial charge in [0.1, 0.15) is 21.6 Å². The van der Waals surface area contributed by atoms with Crippen molar-refractivity contribution in [1.29, 1.82) is 0 Å². The zero-order valence-corrected chi connectivity index (χ0v) is 25.5. The van der Waals surface area contributed by atoms with Crippen molar-refractivity contribution in [2.45, 2.75) is 0 Å². The summed E-state index contributed by atoms with van der Waals surface area (Å²) in [5.74, 6) is 0. The second-order valence-corrected chi connectivity index (χ2v) is 19.2. The predicted octanol–water partition coefficient (Wildman–Crippen LogP) is 8.28. The van der Waals surface area contributed by atoms with Crippen LogP contribution in [-0.2, 0) is 0 Å². The molecule has 2 aliphatic rings. The maximum Gasteiger partial charge on any atom is 0.139 e. The molecule has 2 aliphatic heterocycles. The third-order valence-corrected chi connectivity index (χ3v) is 20.4. The van der Waals surface area contributed by atoms with E-state index in [1.807, 2.05) is 0 Å². The number of benzene rings is 6. The molecule has 6 heteroatoms. The molecule has 1 spiro atoms. The van der Waals surface area contributed by atoms with Gasteiger partial charge in [-0.05, 0) is 11.1 Å². The van der Waals surface area contributed by atoms with Crippen LogP contribution in [0.1, 0.15) is 0 Å². The molecule has 6 aromatic rings. The number of rotatable bonds is 4. The van der Waals surface area contributed by atoms with Crippen LogP contribution in [-0.4, -0.2) is 0 Å². The normalized spacial score (nSPS) is 16.8. The Kier molecular flexibility index (Phi) is 6.17. The fourth-order valence-corrected chi connectivity index (χ4v) is 21.7. The molecule has 8 rings (SSSR count). The van der Waals surface area contributed by atoms with Gasteiger partial charge in [0.15, 0.2) is 0 Å². The Morgan fingerprint density at radius 1 is 0.262 bits per heavy atom. The number of hydrogen-bond acceptors (Lipinski definition) is 3. The van der Waals surface area contributed by atoms with E-state index >= 15 is 0 Å². The van der Waals surface area contributed by atoms with Gasteiger partial charge in [0, 0.05) is 31.8 Å². The van der Waals surface area contributed by atoms with Crippen LogP contribution in [0.25, 0.3) is 11.1 Å². The molecule has 0 bridgehead atoms. The molecule has 202 valence electrons. The van der Waals surface area contributed by atoms with Gasteiger partial charge >= 0.3 is 0 Å². The van der Waals surface area contributed by atoms with Crippen LogP contribution in [0.3, 0.4) is 0 Å². The largest absolute Gasteiger partial charge is 0.223 e. The quantitative estimate of drug-likeness (QED) is 0.184. The Morgan fingerprint density at radius 2 is 0.524 bits per heavy atom. The molecule has 0 radical (unpaired) electrons. The summed E-state index contributed by atoms with van der Waals surface area (Å²) in [6, 6.07) is 60.8. The van der Waals surface area contributed by atoms with Gasteiger partial charge < -0.3 is 0 Å². The van der Waals surface area contributed by atoms with E-state index in [9.17, 15) is 0 Å². The highest BCUT2D eigenvalue weighted by Gasteiger charge is 2.46. The fraction of sp³-hybridized carbons (Fsp3) is 0. The molecule has 0 aromatic heterocycles. The Labute approximate surface area is 247 Å². The van der Waals surface area contributed by atoms with Crippen molar-refractivity contribution >= 4 is 53.4 Å². The molecule has 0 aliphatic carbocycles. The first-order valence-corrected chi connectivity index (χ1v) is 19.2. The van der Waals surface area contributed by atoms with Crippen LogP contribution >= 0.6 is 21.6 Å². The Hall–Kier alpha value is -3.99. The minimum absolute atomic E-state index is 1.17. The molecule has 3 nitrogen and oxygen atoms in total. The number of nitrogens with zero attached hydrogens (tertiary/aromatic N) is 3. The first kappa shape index (κ1) is 25.7. The van der Waals surface area contributed by atoms with Crippen LogP contribution < -0.4 is 31.8 Å². The monoisotopic (exact) mass is 595 g/mol. The molecule has 6 aromatic carbocycles. The molecule has 0 unspecified atom stereocenters. The van der Waals surface area contributed by atoms with Crippen molar-refractivity contribution < 1.29 is 0 Å². The van der Waals surface area contributed by atoms with Crippen molar-refractivity contribution in [1.82, 2.24) is 0 Å². The van der Waals surface area contributed by atoms with E-state index in [0.29, 0.717) is 0 Å². The minimum Gasteiger partial charge on any atom is -0.223 e. The summed E-state index contributed by atoms with van der Waals surface area (Å²) in [7, 11) is -8.11. The van der Waals surface area contributed by atoms with Crippen molar-refractivity contribution in [3.63, 3.8) is 0 Å². The van der Waals surface area contributed by atoms with E-state index < -0.39 is 21.6 Å². The summed E-state index contributed by atoms with van der Waals surface area (Å²) in [6.07, 6.45) is 0. The average molecular weight is 596 g/mol. The van der Waals surface area contributed by atoms with Crippen LogP contribution in [0, 0.1) is 0 Å². The number of hydrogen-bond donors (Lipinski definition) is 0. The van der Waals surface area contributed by atoms with Gasteiger partial charge in [-0.1, -0.05) is 170 Å². The second-order valence-electron chi connectivity index (χ2n) is 10.4. The van der Waals surface area contributed by atoms with E-state index in [4.69, 9.17) is 13.5 Å². The Bertz CT molecular complexity index is 1840. The van der Waals surface area contributed by atoms with Crippen molar-refractivity contribution in [3.05, 3.63) is 170 Å². The van der Waals surface area contributed by atoms with E-state index in [1.54, 1.807) is 0 Å². The van der Waals surface area contributed by atoms with Gasteiger partial charge in [-0.3, -0.25) is 0 Å². The molecule has 0 fully saturated rings. The maximum absolute atomic E-state index is 6.13. The van der Waals surface area contributed by atoms with Crippen LogP contribution in [0.4, 0.5) is 0 Å². The van der Waals surface area contributed by atoms with Gasteiger partial charge in [-0.25, -0.2) is 13.5 Å². The summed E-state index contributed by atoms with van der Waals surface area (Å²) < 4.78 is 18.4. The fourth-order valence-electron chi connectivity index (χ4n) is 6.14. The molecule has 0 atom stereocenters. The summed E-state index contributed by atoms with van der Waals surface area (Å²) in [6.45, 7) is 0. The van der Waals surface area contributed by atoms with E-state index in [1.165, 1.54) is 43.0 Å². The molecule has 0 N–H and O–H groups in total. The molecular formula is C36H28N3P3. The number of fused-ring (bicyclic) bond motifs is 5. The summed E-state index contributed by atoms with van der Waals surface area (Å²) >= 11 is 0. The lowest BCUT2D eigenvalue weighted by Gasteiger charge is -2.37. The van der Waals surface area contributed by atoms with Crippen LogP contribution in [0.15, 0.2) is 183 Å². The highest BCUT2D eigenvalue weighted by molar-refractivity contribution is 8.00. The molecule has 0 amide bonds. The third kappa shape index (κ3) is 3.78. The summed E-state index contributed by atoms with van der Waals surface area (Å²) in [5, 5.41) is 7.17. The lowest BCUT2D eigenvalue weighted by atomic mass is 10.1. The molecule has 2 heterocycles. The summed E-state index contributed by atoms with van der Waals surface area (Å²) in [5.41, 5.74) is 2.49. The minimum atomic E-state index is -2.72. The molecular weight excluding hydrogens is 567 g/mol. The molecule has 42 heavy (non-hydrogen) atoms. The van der Waals surface area contributed by atoms with Crippen molar-refractivity contribution in [3.8, 4) is 11.1 Å². The van der Waals surface area contributed by atoms with Crippen molar-refractivity contribution in [2.24, 2.45) is 13.5 Å². The zero-order chi connectivity index (χ0) is 28.0. The third-order valence-electron chi connectivity index (χ3n) is 8.01. The highest BCUT2D eigenvalue weighted by Crippen LogP contribution is 2.77.